The minimum atomic E-state index is -1.05. The lowest BCUT2D eigenvalue weighted by Gasteiger charge is -2.18. The zero-order valence-corrected chi connectivity index (χ0v) is 7.20. The van der Waals surface area contributed by atoms with Gasteiger partial charge in [-0.2, -0.15) is 0 Å². The highest BCUT2D eigenvalue weighted by Gasteiger charge is 2.23. The molecule has 12 heavy (non-hydrogen) atoms. The number of urea groups is 1. The number of aliphatic carboxylic acids is 1. The normalized spacial score (nSPS) is 14.8. The fraction of sp³-hybridized carbons (Fsp3) is 0.714. The number of carbonyl (C=O) groups is 2. The van der Waals surface area contributed by atoms with Gasteiger partial charge in [-0.15, -0.1) is 0 Å². The summed E-state index contributed by atoms with van der Waals surface area (Å²) in [6.45, 7) is 3.60. The molecule has 0 aliphatic heterocycles. The van der Waals surface area contributed by atoms with Crippen LogP contribution in [0.1, 0.15) is 20.3 Å². The topological polar surface area (TPSA) is 92.4 Å². The van der Waals surface area contributed by atoms with Crippen molar-refractivity contribution >= 4 is 12.0 Å². The molecule has 0 saturated carbocycles. The maximum absolute atomic E-state index is 10.6. The van der Waals surface area contributed by atoms with Crippen LogP contribution in [0.3, 0.4) is 0 Å². The summed E-state index contributed by atoms with van der Waals surface area (Å²) in [7, 11) is 0. The molecular weight excluding hydrogens is 160 g/mol. The van der Waals surface area contributed by atoms with Crippen molar-refractivity contribution in [1.82, 2.24) is 5.32 Å². The number of hydrogen-bond donors (Lipinski definition) is 3. The van der Waals surface area contributed by atoms with Gasteiger partial charge < -0.3 is 16.2 Å². The average Bonchev–Trinajstić information content (AvgIpc) is 1.98. The number of nitrogens with one attached hydrogen (secondary N) is 1. The van der Waals surface area contributed by atoms with Crippen molar-refractivity contribution in [3.05, 3.63) is 0 Å². The first-order chi connectivity index (χ1) is 5.49. The number of carboxylic acids is 1. The van der Waals surface area contributed by atoms with Crippen molar-refractivity contribution in [2.24, 2.45) is 11.7 Å². The molecule has 2 amide bonds. The number of nitrogens with two attached hydrogens (primary N) is 1. The summed E-state index contributed by atoms with van der Waals surface area (Å²) >= 11 is 0. The summed E-state index contributed by atoms with van der Waals surface area (Å²) in [6, 6.07) is -1.68. The molecule has 0 heterocycles. The molecule has 0 bridgehead atoms. The molecule has 0 aliphatic rings. The maximum Gasteiger partial charge on any atom is 0.326 e. The molecule has 5 nitrogen and oxygen atoms in total. The number of primary amides is 1. The zero-order valence-electron chi connectivity index (χ0n) is 7.20. The van der Waals surface area contributed by atoms with Gasteiger partial charge in [0.1, 0.15) is 6.04 Å². The van der Waals surface area contributed by atoms with Crippen LogP contribution in [0.5, 0.6) is 0 Å². The predicted molar refractivity (Wildman–Crippen MR) is 43.6 cm³/mol. The van der Waals surface area contributed by atoms with E-state index in [2.05, 4.69) is 5.32 Å². The Morgan fingerprint density at radius 3 is 2.33 bits per heavy atom. The van der Waals surface area contributed by atoms with E-state index in [1.165, 1.54) is 0 Å². The Kier molecular flexibility index (Phi) is 4.10. The van der Waals surface area contributed by atoms with Gasteiger partial charge in [-0.3, -0.25) is 0 Å². The molecule has 0 aromatic heterocycles. The minimum Gasteiger partial charge on any atom is -0.480 e. The van der Waals surface area contributed by atoms with E-state index in [0.717, 1.165) is 0 Å². The van der Waals surface area contributed by atoms with Crippen molar-refractivity contribution in [3.8, 4) is 0 Å². The number of carboxylic acid groups (broad SMARTS) is 1. The number of carbonyl (C=O) groups excluding carboxylic acids is 1. The van der Waals surface area contributed by atoms with E-state index < -0.39 is 18.0 Å². The molecule has 0 radical (unpaired) electrons. The van der Waals surface area contributed by atoms with E-state index in [4.69, 9.17) is 10.8 Å². The Hall–Kier alpha value is -1.26. The molecule has 0 saturated heterocycles. The molecule has 1 unspecified atom stereocenters. The van der Waals surface area contributed by atoms with Crippen molar-refractivity contribution in [3.63, 3.8) is 0 Å². The molecule has 0 aliphatic carbocycles. The van der Waals surface area contributed by atoms with Crippen LogP contribution in [0.15, 0.2) is 0 Å². The lowest BCUT2D eigenvalue weighted by atomic mass is 10.00. The van der Waals surface area contributed by atoms with Gasteiger partial charge in [-0.05, 0) is 5.92 Å². The third-order valence-corrected chi connectivity index (χ3v) is 1.78. The van der Waals surface area contributed by atoms with E-state index in [0.29, 0.717) is 6.42 Å². The SMILES string of the molecule is CCC(C)[C@@H](NC(N)=O)C(=O)O. The lowest BCUT2D eigenvalue weighted by molar-refractivity contribution is -0.140. The molecule has 5 heteroatoms. The van der Waals surface area contributed by atoms with Crippen molar-refractivity contribution in [2.45, 2.75) is 26.3 Å². The molecule has 0 spiro atoms. The van der Waals surface area contributed by atoms with Crippen LogP contribution < -0.4 is 11.1 Å². The van der Waals surface area contributed by atoms with Crippen LogP contribution in [-0.2, 0) is 4.79 Å². The van der Waals surface area contributed by atoms with Gasteiger partial charge in [-0.1, -0.05) is 20.3 Å². The summed E-state index contributed by atoms with van der Waals surface area (Å²) in [5, 5.41) is 10.8. The quantitative estimate of drug-likeness (QED) is 0.566. The third-order valence-electron chi connectivity index (χ3n) is 1.78. The number of hydrogen-bond acceptors (Lipinski definition) is 2. The third kappa shape index (κ3) is 3.23. The molecule has 0 aromatic rings. The highest BCUT2D eigenvalue weighted by atomic mass is 16.4. The highest BCUT2D eigenvalue weighted by Crippen LogP contribution is 2.07. The van der Waals surface area contributed by atoms with Crippen LogP contribution in [-0.4, -0.2) is 23.1 Å². The zero-order chi connectivity index (χ0) is 9.72. The van der Waals surface area contributed by atoms with Gasteiger partial charge in [0.05, 0.1) is 0 Å². The Labute approximate surface area is 70.9 Å². The molecule has 70 valence electrons. The molecular formula is C7H14N2O3. The Bertz CT molecular complexity index is 181. The highest BCUT2D eigenvalue weighted by molar-refractivity contribution is 5.81. The van der Waals surface area contributed by atoms with Gasteiger partial charge >= 0.3 is 12.0 Å². The summed E-state index contributed by atoms with van der Waals surface area (Å²) in [6.07, 6.45) is 0.678. The summed E-state index contributed by atoms with van der Waals surface area (Å²) in [5.41, 5.74) is 4.81. The van der Waals surface area contributed by atoms with Crippen LogP contribution >= 0.6 is 0 Å². The van der Waals surface area contributed by atoms with Crippen LogP contribution in [0.4, 0.5) is 4.79 Å². The molecule has 4 N–H and O–H groups in total. The van der Waals surface area contributed by atoms with Gasteiger partial charge in [0.15, 0.2) is 0 Å². The first-order valence-corrected chi connectivity index (χ1v) is 3.77. The van der Waals surface area contributed by atoms with Crippen LogP contribution in [0.2, 0.25) is 0 Å². The summed E-state index contributed by atoms with van der Waals surface area (Å²) in [5.74, 6) is -1.17. The number of rotatable bonds is 4. The smallest absolute Gasteiger partial charge is 0.326 e. The molecule has 0 rings (SSSR count). The van der Waals surface area contributed by atoms with E-state index in [1.54, 1.807) is 6.92 Å². The second-order valence-corrected chi connectivity index (χ2v) is 2.71. The summed E-state index contributed by atoms with van der Waals surface area (Å²) < 4.78 is 0. The monoisotopic (exact) mass is 174 g/mol. The van der Waals surface area contributed by atoms with Crippen molar-refractivity contribution < 1.29 is 14.7 Å². The van der Waals surface area contributed by atoms with Gasteiger partial charge in [-0.25, -0.2) is 9.59 Å². The van der Waals surface area contributed by atoms with Gasteiger partial charge in [0.2, 0.25) is 0 Å². The Morgan fingerprint density at radius 2 is 2.08 bits per heavy atom. The van der Waals surface area contributed by atoms with Gasteiger partial charge in [0.25, 0.3) is 0 Å². The fourth-order valence-corrected chi connectivity index (χ4v) is 0.836. The first-order valence-electron chi connectivity index (χ1n) is 3.77. The van der Waals surface area contributed by atoms with E-state index >= 15 is 0 Å². The molecule has 0 fully saturated rings. The minimum absolute atomic E-state index is 0.116. The largest absolute Gasteiger partial charge is 0.480 e. The Morgan fingerprint density at radius 1 is 1.58 bits per heavy atom. The molecule has 2 atom stereocenters. The average molecular weight is 174 g/mol. The first kappa shape index (κ1) is 10.7. The van der Waals surface area contributed by atoms with Crippen molar-refractivity contribution in [2.75, 3.05) is 0 Å². The second kappa shape index (κ2) is 4.58. The van der Waals surface area contributed by atoms with E-state index in [1.807, 2.05) is 6.92 Å². The molecule has 0 aromatic carbocycles. The number of amides is 2. The van der Waals surface area contributed by atoms with Crippen molar-refractivity contribution in [1.29, 1.82) is 0 Å². The maximum atomic E-state index is 10.6. The van der Waals surface area contributed by atoms with Crippen LogP contribution in [0, 0.1) is 5.92 Å². The van der Waals surface area contributed by atoms with E-state index in [-0.39, 0.29) is 5.92 Å². The fourth-order valence-electron chi connectivity index (χ4n) is 0.836. The lowest BCUT2D eigenvalue weighted by Crippen LogP contribution is -2.47. The van der Waals surface area contributed by atoms with E-state index in [9.17, 15) is 9.59 Å². The second-order valence-electron chi connectivity index (χ2n) is 2.71. The summed E-state index contributed by atoms with van der Waals surface area (Å²) in [4.78, 5) is 20.9. The Balaban J connectivity index is 4.22. The standard InChI is InChI=1S/C7H14N2O3/c1-3-4(2)5(6(10)11)9-7(8)12/h4-5H,3H2,1-2H3,(H,10,11)(H3,8,9,12)/t4?,5-/m1/s1. The van der Waals surface area contributed by atoms with Gasteiger partial charge in [0, 0.05) is 0 Å². The van der Waals surface area contributed by atoms with Crippen LogP contribution in [0.25, 0.3) is 0 Å². The predicted octanol–water partition coefficient (Wildman–Crippen LogP) is 0.154.